The molecule has 19 heavy (non-hydrogen) atoms. The average Bonchev–Trinajstić information content (AvgIpc) is 3.00. The van der Waals surface area contributed by atoms with Gasteiger partial charge in [0.1, 0.15) is 11.5 Å². The van der Waals surface area contributed by atoms with E-state index in [0.717, 1.165) is 31.1 Å². The minimum Gasteiger partial charge on any atom is -0.468 e. The van der Waals surface area contributed by atoms with Crippen LogP contribution in [0.3, 0.4) is 0 Å². The molecular weight excluding hydrogens is 244 g/mol. The lowest BCUT2D eigenvalue weighted by Crippen LogP contribution is -2.35. The summed E-state index contributed by atoms with van der Waals surface area (Å²) in [4.78, 5) is 2.32. The highest BCUT2D eigenvalue weighted by Gasteiger charge is 2.30. The van der Waals surface area contributed by atoms with Crippen molar-refractivity contribution in [1.29, 1.82) is 0 Å². The zero-order chi connectivity index (χ0) is 13.2. The number of methoxy groups -OCH3 is 1. The number of rotatable bonds is 4. The molecule has 6 nitrogen and oxygen atoms in total. The van der Waals surface area contributed by atoms with Crippen LogP contribution in [0.4, 0.5) is 0 Å². The molecule has 102 valence electrons. The lowest BCUT2D eigenvalue weighted by molar-refractivity contribution is 0.128. The number of hydrogen-bond donors (Lipinski definition) is 0. The summed E-state index contributed by atoms with van der Waals surface area (Å²) >= 11 is 0. The Hall–Kier alpha value is -1.66. The van der Waals surface area contributed by atoms with Crippen LogP contribution in [0, 0.1) is 0 Å². The molecule has 0 amide bonds. The molecule has 0 aromatic carbocycles. The van der Waals surface area contributed by atoms with Crippen LogP contribution >= 0.6 is 0 Å². The summed E-state index contributed by atoms with van der Waals surface area (Å²) in [6, 6.07) is 3.91. The van der Waals surface area contributed by atoms with E-state index < -0.39 is 0 Å². The summed E-state index contributed by atoms with van der Waals surface area (Å²) in [6.07, 6.45) is 1.71. The fourth-order valence-electron chi connectivity index (χ4n) is 2.77. The molecule has 1 aliphatic rings. The maximum Gasteiger partial charge on any atom is 0.117 e. The number of fused-ring (bicyclic) bond motifs is 1. The van der Waals surface area contributed by atoms with Gasteiger partial charge in [0.2, 0.25) is 0 Å². The van der Waals surface area contributed by atoms with Gasteiger partial charge in [-0.05, 0) is 12.1 Å². The van der Waals surface area contributed by atoms with Crippen molar-refractivity contribution in [2.75, 3.05) is 20.3 Å². The molecule has 0 N–H and O–H groups in total. The Morgan fingerprint density at radius 1 is 1.53 bits per heavy atom. The Kier molecular flexibility index (Phi) is 3.35. The molecule has 2 aromatic rings. The summed E-state index contributed by atoms with van der Waals surface area (Å²) in [6.45, 7) is 3.22. The first kappa shape index (κ1) is 12.4. The van der Waals surface area contributed by atoms with E-state index in [2.05, 4.69) is 15.2 Å². The lowest BCUT2D eigenvalue weighted by Gasteiger charge is -2.31. The lowest BCUT2D eigenvalue weighted by atomic mass is 9.99. The molecule has 1 atom stereocenters. The largest absolute Gasteiger partial charge is 0.468 e. The van der Waals surface area contributed by atoms with Gasteiger partial charge in [-0.1, -0.05) is 5.21 Å². The van der Waals surface area contributed by atoms with Crippen molar-refractivity contribution in [1.82, 2.24) is 19.9 Å². The molecular formula is C13H18N4O2. The monoisotopic (exact) mass is 262 g/mol. The van der Waals surface area contributed by atoms with E-state index in [-0.39, 0.29) is 0 Å². The number of furan rings is 1. The fraction of sp³-hybridized carbons (Fsp3) is 0.538. The second-order valence-electron chi connectivity index (χ2n) is 4.95. The van der Waals surface area contributed by atoms with Gasteiger partial charge >= 0.3 is 0 Å². The summed E-state index contributed by atoms with van der Waals surface area (Å²) in [5, 5.41) is 8.38. The number of hydrogen-bond acceptors (Lipinski definition) is 5. The summed E-state index contributed by atoms with van der Waals surface area (Å²) in [5.74, 6) is 1.28. The predicted molar refractivity (Wildman–Crippen MR) is 68.4 cm³/mol. The van der Waals surface area contributed by atoms with Crippen molar-refractivity contribution in [3.05, 3.63) is 35.5 Å². The van der Waals surface area contributed by atoms with Crippen LogP contribution in [0.5, 0.6) is 0 Å². The molecule has 3 rings (SSSR count). The molecule has 0 saturated carbocycles. The first-order valence-corrected chi connectivity index (χ1v) is 6.40. The van der Waals surface area contributed by atoms with Gasteiger partial charge in [0.15, 0.2) is 0 Å². The van der Waals surface area contributed by atoms with E-state index in [1.807, 2.05) is 23.9 Å². The second kappa shape index (κ2) is 5.14. The van der Waals surface area contributed by atoms with Gasteiger partial charge < -0.3 is 9.15 Å². The van der Waals surface area contributed by atoms with Gasteiger partial charge in [-0.25, -0.2) is 0 Å². The van der Waals surface area contributed by atoms with E-state index in [4.69, 9.17) is 9.15 Å². The standard InChI is InChI=1S/C13H18N4O2/c1-16-13-10(9-18-2)6-17(8-12(13)14-15-16)7-11-4-3-5-19-11/h3-5,10H,6-9H2,1-2H3/t10-/m0/s1. The zero-order valence-corrected chi connectivity index (χ0v) is 11.2. The zero-order valence-electron chi connectivity index (χ0n) is 11.2. The van der Waals surface area contributed by atoms with E-state index in [1.165, 1.54) is 5.69 Å². The van der Waals surface area contributed by atoms with Crippen molar-refractivity contribution < 1.29 is 9.15 Å². The van der Waals surface area contributed by atoms with Crippen LogP contribution < -0.4 is 0 Å². The molecule has 1 aliphatic heterocycles. The molecule has 2 aromatic heterocycles. The number of ether oxygens (including phenoxy) is 1. The van der Waals surface area contributed by atoms with Crippen molar-refractivity contribution in [3.63, 3.8) is 0 Å². The Bertz CT molecular complexity index is 535. The first-order chi connectivity index (χ1) is 9.28. The summed E-state index contributed by atoms with van der Waals surface area (Å²) in [5.41, 5.74) is 2.24. The summed E-state index contributed by atoms with van der Waals surface area (Å²) in [7, 11) is 3.67. The topological polar surface area (TPSA) is 56.3 Å². The van der Waals surface area contributed by atoms with Gasteiger partial charge in [-0.3, -0.25) is 9.58 Å². The molecule has 0 saturated heterocycles. The highest BCUT2D eigenvalue weighted by Crippen LogP contribution is 2.27. The van der Waals surface area contributed by atoms with Crippen LogP contribution in [0.25, 0.3) is 0 Å². The molecule has 0 aliphatic carbocycles. The smallest absolute Gasteiger partial charge is 0.117 e. The number of aryl methyl sites for hydroxylation is 1. The Labute approximate surface area is 112 Å². The van der Waals surface area contributed by atoms with Crippen molar-refractivity contribution in [2.45, 2.75) is 19.0 Å². The molecule has 0 bridgehead atoms. The maximum atomic E-state index is 5.41. The molecule has 0 fully saturated rings. The molecule has 0 spiro atoms. The van der Waals surface area contributed by atoms with Gasteiger partial charge in [-0.15, -0.1) is 5.10 Å². The van der Waals surface area contributed by atoms with Crippen molar-refractivity contribution in [3.8, 4) is 0 Å². The van der Waals surface area contributed by atoms with Crippen molar-refractivity contribution in [2.24, 2.45) is 7.05 Å². The maximum absolute atomic E-state index is 5.41. The normalized spacial score (nSPS) is 19.6. The van der Waals surface area contributed by atoms with Crippen molar-refractivity contribution >= 4 is 0 Å². The van der Waals surface area contributed by atoms with E-state index in [9.17, 15) is 0 Å². The number of aromatic nitrogens is 3. The Morgan fingerprint density at radius 2 is 2.42 bits per heavy atom. The van der Waals surface area contributed by atoms with Gasteiger partial charge in [-0.2, -0.15) is 0 Å². The first-order valence-electron chi connectivity index (χ1n) is 6.40. The van der Waals surface area contributed by atoms with Crippen LogP contribution in [0.15, 0.2) is 22.8 Å². The fourth-order valence-corrected chi connectivity index (χ4v) is 2.77. The van der Waals surface area contributed by atoms with Crippen LogP contribution in [-0.4, -0.2) is 40.2 Å². The predicted octanol–water partition coefficient (Wildman–Crippen LogP) is 1.15. The van der Waals surface area contributed by atoms with Crippen LogP contribution in [0.1, 0.15) is 23.1 Å². The highest BCUT2D eigenvalue weighted by atomic mass is 16.5. The minimum absolute atomic E-state index is 0.309. The molecule has 3 heterocycles. The molecule has 0 radical (unpaired) electrons. The quantitative estimate of drug-likeness (QED) is 0.827. The average molecular weight is 262 g/mol. The third-order valence-electron chi connectivity index (χ3n) is 3.51. The summed E-state index contributed by atoms with van der Waals surface area (Å²) < 4.78 is 12.6. The number of nitrogens with zero attached hydrogens (tertiary/aromatic N) is 4. The van der Waals surface area contributed by atoms with Crippen LogP contribution in [0.2, 0.25) is 0 Å². The van der Waals surface area contributed by atoms with E-state index in [0.29, 0.717) is 12.5 Å². The molecule has 6 heteroatoms. The minimum atomic E-state index is 0.309. The Balaban J connectivity index is 1.80. The Morgan fingerprint density at radius 3 is 3.16 bits per heavy atom. The van der Waals surface area contributed by atoms with Crippen LogP contribution in [-0.2, 0) is 24.9 Å². The second-order valence-corrected chi connectivity index (χ2v) is 4.95. The SMILES string of the molecule is COC[C@@H]1CN(Cc2ccco2)Cc2nnn(C)c21. The van der Waals surface area contributed by atoms with Gasteiger partial charge in [0.05, 0.1) is 25.1 Å². The van der Waals surface area contributed by atoms with Gasteiger partial charge in [0.25, 0.3) is 0 Å². The van der Waals surface area contributed by atoms with Gasteiger partial charge in [0, 0.05) is 33.2 Å². The highest BCUT2D eigenvalue weighted by molar-refractivity contribution is 5.20. The molecule has 0 unspecified atom stereocenters. The third-order valence-corrected chi connectivity index (χ3v) is 3.51. The third kappa shape index (κ3) is 2.41. The van der Waals surface area contributed by atoms with E-state index >= 15 is 0 Å². The van der Waals surface area contributed by atoms with E-state index in [1.54, 1.807) is 13.4 Å².